The third kappa shape index (κ3) is 9.98. The summed E-state index contributed by atoms with van der Waals surface area (Å²) in [7, 11) is 0. The lowest BCUT2D eigenvalue weighted by molar-refractivity contribution is 0.128. The molecular formula is C27H53NS. The third-order valence-electron chi connectivity index (χ3n) is 7.84. The van der Waals surface area contributed by atoms with Gasteiger partial charge in [0.1, 0.15) is 0 Å². The maximum absolute atomic E-state index is 6.94. The van der Waals surface area contributed by atoms with Crippen molar-refractivity contribution in [2.75, 3.05) is 5.75 Å². The summed E-state index contributed by atoms with van der Waals surface area (Å²) in [6, 6.07) is 0. The van der Waals surface area contributed by atoms with Crippen molar-refractivity contribution in [3.8, 4) is 0 Å². The second-order valence-electron chi connectivity index (χ2n) is 10.3. The SMILES string of the molecule is CCCCCCCCCCCCCCCCCCSC(N)(C1CCC1)C1CCC1. The van der Waals surface area contributed by atoms with Gasteiger partial charge in [-0.15, -0.1) is 11.8 Å². The van der Waals surface area contributed by atoms with Crippen LogP contribution in [0.15, 0.2) is 0 Å². The highest BCUT2D eigenvalue weighted by Gasteiger charge is 2.46. The van der Waals surface area contributed by atoms with Gasteiger partial charge in [-0.05, 0) is 49.7 Å². The molecule has 0 aromatic heterocycles. The first-order chi connectivity index (χ1) is 14.3. The average molecular weight is 424 g/mol. The molecule has 0 aromatic carbocycles. The quantitative estimate of drug-likeness (QED) is 0.156. The van der Waals surface area contributed by atoms with Gasteiger partial charge in [0.2, 0.25) is 0 Å². The van der Waals surface area contributed by atoms with Crippen LogP contribution in [0.4, 0.5) is 0 Å². The van der Waals surface area contributed by atoms with Gasteiger partial charge in [0, 0.05) is 0 Å². The first-order valence-electron chi connectivity index (χ1n) is 13.7. The Hall–Kier alpha value is 0.310. The Morgan fingerprint density at radius 2 is 0.931 bits per heavy atom. The standard InChI is InChI=1S/C27H53NS/c1-2-3-4-5-6-7-8-9-10-11-12-13-14-15-16-17-24-29-27(28,25-20-18-21-25)26-22-19-23-26/h25-26H,2-24,28H2,1H3. The summed E-state index contributed by atoms with van der Waals surface area (Å²) in [6.07, 6.45) is 31.7. The van der Waals surface area contributed by atoms with E-state index in [0.29, 0.717) is 0 Å². The topological polar surface area (TPSA) is 26.0 Å². The maximum atomic E-state index is 6.94. The number of rotatable bonds is 20. The zero-order valence-electron chi connectivity index (χ0n) is 19.9. The number of hydrogen-bond donors (Lipinski definition) is 1. The maximum Gasteiger partial charge on any atom is 0.0677 e. The molecule has 2 saturated carbocycles. The van der Waals surface area contributed by atoms with E-state index < -0.39 is 0 Å². The molecule has 2 aliphatic carbocycles. The third-order valence-corrected chi connectivity index (χ3v) is 9.50. The van der Waals surface area contributed by atoms with Crippen molar-refractivity contribution in [2.45, 2.75) is 153 Å². The Morgan fingerprint density at radius 1 is 0.586 bits per heavy atom. The summed E-state index contributed by atoms with van der Waals surface area (Å²) >= 11 is 2.16. The predicted molar refractivity (Wildman–Crippen MR) is 134 cm³/mol. The molecule has 0 radical (unpaired) electrons. The van der Waals surface area contributed by atoms with Crippen LogP contribution in [0.1, 0.15) is 148 Å². The summed E-state index contributed by atoms with van der Waals surface area (Å²) in [6.45, 7) is 2.30. The highest BCUT2D eigenvalue weighted by atomic mass is 32.2. The highest BCUT2D eigenvalue weighted by Crippen LogP contribution is 2.51. The van der Waals surface area contributed by atoms with Crippen molar-refractivity contribution in [3.05, 3.63) is 0 Å². The fraction of sp³-hybridized carbons (Fsp3) is 1.00. The van der Waals surface area contributed by atoms with Crippen LogP contribution in [0.5, 0.6) is 0 Å². The molecule has 2 aliphatic rings. The Morgan fingerprint density at radius 3 is 1.24 bits per heavy atom. The lowest BCUT2D eigenvalue weighted by Gasteiger charge is -2.50. The predicted octanol–water partition coefficient (Wildman–Crippen LogP) is 9.24. The molecule has 1 nitrogen and oxygen atoms in total. The molecule has 0 aliphatic heterocycles. The monoisotopic (exact) mass is 423 g/mol. The molecule has 172 valence electrons. The summed E-state index contributed by atoms with van der Waals surface area (Å²) in [5.74, 6) is 2.97. The summed E-state index contributed by atoms with van der Waals surface area (Å²) in [5.41, 5.74) is 6.94. The van der Waals surface area contributed by atoms with Gasteiger partial charge in [-0.25, -0.2) is 0 Å². The molecule has 0 spiro atoms. The molecule has 0 heterocycles. The molecule has 0 unspecified atom stereocenters. The largest absolute Gasteiger partial charge is 0.316 e. The first-order valence-corrected chi connectivity index (χ1v) is 14.7. The van der Waals surface area contributed by atoms with Crippen molar-refractivity contribution in [2.24, 2.45) is 17.6 Å². The van der Waals surface area contributed by atoms with Crippen LogP contribution in [0.3, 0.4) is 0 Å². The average Bonchev–Trinajstić information content (AvgIpc) is 2.61. The van der Waals surface area contributed by atoms with Crippen molar-refractivity contribution >= 4 is 11.8 Å². The van der Waals surface area contributed by atoms with Gasteiger partial charge in [0.05, 0.1) is 4.87 Å². The molecule has 0 bridgehead atoms. The van der Waals surface area contributed by atoms with E-state index in [1.807, 2.05) is 0 Å². The van der Waals surface area contributed by atoms with E-state index >= 15 is 0 Å². The van der Waals surface area contributed by atoms with Crippen LogP contribution >= 0.6 is 11.8 Å². The number of thioether (sulfide) groups is 1. The number of nitrogens with two attached hydrogens (primary N) is 1. The van der Waals surface area contributed by atoms with E-state index in [0.717, 1.165) is 11.8 Å². The van der Waals surface area contributed by atoms with Crippen molar-refractivity contribution in [1.29, 1.82) is 0 Å². The van der Waals surface area contributed by atoms with Gasteiger partial charge < -0.3 is 5.73 Å². The Bertz CT molecular complexity index is 361. The van der Waals surface area contributed by atoms with E-state index in [4.69, 9.17) is 5.73 Å². The van der Waals surface area contributed by atoms with Gasteiger partial charge in [-0.3, -0.25) is 0 Å². The molecule has 2 heteroatoms. The van der Waals surface area contributed by atoms with Crippen LogP contribution in [-0.2, 0) is 0 Å². The van der Waals surface area contributed by atoms with E-state index in [1.165, 1.54) is 147 Å². The van der Waals surface area contributed by atoms with Crippen molar-refractivity contribution in [1.82, 2.24) is 0 Å². The fourth-order valence-corrected chi connectivity index (χ4v) is 6.83. The molecule has 2 N–H and O–H groups in total. The van der Waals surface area contributed by atoms with Gasteiger partial charge in [-0.2, -0.15) is 0 Å². The van der Waals surface area contributed by atoms with Crippen LogP contribution in [0, 0.1) is 11.8 Å². The molecule has 0 aromatic rings. The van der Waals surface area contributed by atoms with E-state index in [-0.39, 0.29) is 4.87 Å². The Balaban J connectivity index is 1.31. The Kier molecular flexibility index (Phi) is 14.1. The van der Waals surface area contributed by atoms with E-state index in [2.05, 4.69) is 18.7 Å². The van der Waals surface area contributed by atoms with Crippen LogP contribution in [0.25, 0.3) is 0 Å². The van der Waals surface area contributed by atoms with Gasteiger partial charge in [-0.1, -0.05) is 116 Å². The molecular weight excluding hydrogens is 370 g/mol. The molecule has 2 rings (SSSR count). The minimum Gasteiger partial charge on any atom is -0.316 e. The summed E-state index contributed by atoms with van der Waals surface area (Å²) in [5, 5.41) is 0. The molecule has 0 atom stereocenters. The zero-order valence-corrected chi connectivity index (χ0v) is 20.7. The minimum atomic E-state index is 0.145. The lowest BCUT2D eigenvalue weighted by Crippen LogP contribution is -2.55. The normalized spacial score (nSPS) is 18.0. The van der Waals surface area contributed by atoms with E-state index in [1.54, 1.807) is 0 Å². The summed E-state index contributed by atoms with van der Waals surface area (Å²) in [4.78, 5) is 0.145. The molecule has 29 heavy (non-hydrogen) atoms. The fourth-order valence-electron chi connectivity index (χ4n) is 5.19. The van der Waals surface area contributed by atoms with Crippen LogP contribution in [0.2, 0.25) is 0 Å². The first kappa shape index (κ1) is 25.6. The van der Waals surface area contributed by atoms with Crippen molar-refractivity contribution in [3.63, 3.8) is 0 Å². The van der Waals surface area contributed by atoms with Crippen molar-refractivity contribution < 1.29 is 0 Å². The number of unbranched alkanes of at least 4 members (excludes halogenated alkanes) is 15. The van der Waals surface area contributed by atoms with Gasteiger partial charge >= 0.3 is 0 Å². The number of hydrogen-bond acceptors (Lipinski definition) is 2. The van der Waals surface area contributed by atoms with Gasteiger partial charge in [0.25, 0.3) is 0 Å². The van der Waals surface area contributed by atoms with E-state index in [9.17, 15) is 0 Å². The van der Waals surface area contributed by atoms with Gasteiger partial charge in [0.15, 0.2) is 0 Å². The van der Waals surface area contributed by atoms with Crippen LogP contribution in [-0.4, -0.2) is 10.6 Å². The lowest BCUT2D eigenvalue weighted by atomic mass is 9.68. The minimum absolute atomic E-state index is 0.145. The summed E-state index contributed by atoms with van der Waals surface area (Å²) < 4.78 is 0. The molecule has 0 amide bonds. The molecule has 0 saturated heterocycles. The zero-order chi connectivity index (χ0) is 20.6. The molecule has 2 fully saturated rings. The second kappa shape index (κ2) is 16.0. The Labute approximate surface area is 188 Å². The highest BCUT2D eigenvalue weighted by molar-refractivity contribution is 8.00. The smallest absolute Gasteiger partial charge is 0.0677 e. The second-order valence-corrected chi connectivity index (χ2v) is 11.7. The van der Waals surface area contributed by atoms with Crippen LogP contribution < -0.4 is 5.73 Å².